The van der Waals surface area contributed by atoms with Crippen molar-refractivity contribution in [1.29, 1.82) is 0 Å². The van der Waals surface area contributed by atoms with Crippen LogP contribution < -0.4 is 5.32 Å². The van der Waals surface area contributed by atoms with Gasteiger partial charge in [-0.15, -0.1) is 0 Å². The number of nitrogens with one attached hydrogen (secondary N) is 1. The van der Waals surface area contributed by atoms with E-state index in [-0.39, 0.29) is 6.03 Å². The average molecular weight is 297 g/mol. The van der Waals surface area contributed by atoms with E-state index in [9.17, 15) is 14.7 Å². The molecule has 6 heteroatoms. The van der Waals surface area contributed by atoms with Gasteiger partial charge in [0.2, 0.25) is 0 Å². The van der Waals surface area contributed by atoms with E-state index in [1.165, 1.54) is 24.2 Å². The van der Waals surface area contributed by atoms with Crippen molar-refractivity contribution in [2.24, 2.45) is 5.92 Å². The molecule has 2 unspecified atom stereocenters. The minimum absolute atomic E-state index is 0.230. The van der Waals surface area contributed by atoms with E-state index in [0.29, 0.717) is 25.4 Å². The normalized spacial score (nSPS) is 27.4. The maximum atomic E-state index is 12.2. The molecule has 2 heterocycles. The third kappa shape index (κ3) is 4.59. The van der Waals surface area contributed by atoms with E-state index < -0.39 is 12.0 Å². The van der Waals surface area contributed by atoms with Crippen LogP contribution in [-0.4, -0.2) is 65.7 Å². The average Bonchev–Trinajstić information content (AvgIpc) is 2.48. The number of likely N-dealkylation sites (tertiary alicyclic amines) is 2. The van der Waals surface area contributed by atoms with Crippen LogP contribution in [0.3, 0.4) is 0 Å². The number of urea groups is 1. The second-order valence-electron chi connectivity index (χ2n) is 6.31. The van der Waals surface area contributed by atoms with Gasteiger partial charge in [0.1, 0.15) is 6.04 Å². The maximum Gasteiger partial charge on any atom is 0.326 e. The number of carbonyl (C=O) groups is 2. The summed E-state index contributed by atoms with van der Waals surface area (Å²) in [6, 6.07) is -0.907. The lowest BCUT2D eigenvalue weighted by atomic mass is 9.93. The van der Waals surface area contributed by atoms with E-state index in [1.54, 1.807) is 0 Å². The molecule has 2 atom stereocenters. The zero-order valence-electron chi connectivity index (χ0n) is 12.9. The first-order valence-electron chi connectivity index (χ1n) is 8.07. The summed E-state index contributed by atoms with van der Waals surface area (Å²) < 4.78 is 0. The van der Waals surface area contributed by atoms with Crippen molar-refractivity contribution < 1.29 is 14.7 Å². The molecular weight excluding hydrogens is 270 g/mol. The summed E-state index contributed by atoms with van der Waals surface area (Å²) in [6.45, 7) is 6.24. The molecule has 2 N–H and O–H groups in total. The van der Waals surface area contributed by atoms with E-state index in [1.807, 2.05) is 6.92 Å². The molecule has 2 aliphatic heterocycles. The number of amides is 2. The van der Waals surface area contributed by atoms with E-state index in [2.05, 4.69) is 10.2 Å². The molecule has 21 heavy (non-hydrogen) atoms. The van der Waals surface area contributed by atoms with Gasteiger partial charge in [0.25, 0.3) is 0 Å². The van der Waals surface area contributed by atoms with Crippen molar-refractivity contribution in [2.75, 3.05) is 32.7 Å². The Morgan fingerprint density at radius 1 is 1.19 bits per heavy atom. The summed E-state index contributed by atoms with van der Waals surface area (Å²) in [4.78, 5) is 27.3. The number of rotatable bonds is 4. The number of carbonyl (C=O) groups excluding carboxylic acids is 1. The predicted molar refractivity (Wildman–Crippen MR) is 80.2 cm³/mol. The molecule has 0 aromatic carbocycles. The number of aliphatic carboxylic acids is 1. The van der Waals surface area contributed by atoms with Gasteiger partial charge in [0.15, 0.2) is 0 Å². The molecule has 2 rings (SSSR count). The standard InChI is InChI=1S/C15H27N3O3/c1-12-5-9-18(13(11-12)14(19)20)15(21)16-6-10-17-7-3-2-4-8-17/h12-13H,2-11H2,1H3,(H,16,21)(H,19,20). The van der Waals surface area contributed by atoms with Crippen molar-refractivity contribution in [3.63, 3.8) is 0 Å². The molecule has 2 fully saturated rings. The monoisotopic (exact) mass is 297 g/mol. The number of carboxylic acid groups (broad SMARTS) is 1. The lowest BCUT2D eigenvalue weighted by Gasteiger charge is -2.36. The Hall–Kier alpha value is -1.30. The van der Waals surface area contributed by atoms with Gasteiger partial charge in [-0.2, -0.15) is 0 Å². The fraction of sp³-hybridized carbons (Fsp3) is 0.867. The second kappa shape index (κ2) is 7.64. The molecule has 6 nitrogen and oxygen atoms in total. The van der Waals surface area contributed by atoms with Crippen molar-refractivity contribution in [3.8, 4) is 0 Å². The molecule has 0 saturated carbocycles. The third-order valence-electron chi connectivity index (χ3n) is 4.56. The number of hydrogen-bond donors (Lipinski definition) is 2. The molecule has 0 aliphatic carbocycles. The summed E-state index contributed by atoms with van der Waals surface area (Å²) in [5.41, 5.74) is 0. The molecule has 2 saturated heterocycles. The summed E-state index contributed by atoms with van der Waals surface area (Å²) >= 11 is 0. The van der Waals surface area contributed by atoms with Crippen LogP contribution in [0.4, 0.5) is 4.79 Å². The van der Waals surface area contributed by atoms with Crippen LogP contribution >= 0.6 is 0 Å². The highest BCUT2D eigenvalue weighted by Gasteiger charge is 2.34. The van der Waals surface area contributed by atoms with Crippen molar-refractivity contribution in [2.45, 2.75) is 45.1 Å². The first-order valence-corrected chi connectivity index (χ1v) is 8.07. The molecule has 120 valence electrons. The van der Waals surface area contributed by atoms with Gasteiger partial charge >= 0.3 is 12.0 Å². The van der Waals surface area contributed by atoms with Crippen LogP contribution in [0.25, 0.3) is 0 Å². The Morgan fingerprint density at radius 2 is 1.90 bits per heavy atom. The first kappa shape index (κ1) is 16.1. The lowest BCUT2D eigenvalue weighted by Crippen LogP contribution is -2.54. The molecule has 0 aromatic rings. The lowest BCUT2D eigenvalue weighted by molar-refractivity contribution is -0.143. The Morgan fingerprint density at radius 3 is 2.57 bits per heavy atom. The van der Waals surface area contributed by atoms with Crippen LogP contribution in [0.2, 0.25) is 0 Å². The van der Waals surface area contributed by atoms with Gasteiger partial charge in [-0.1, -0.05) is 13.3 Å². The highest BCUT2D eigenvalue weighted by atomic mass is 16.4. The molecule has 0 bridgehead atoms. The number of hydrogen-bond acceptors (Lipinski definition) is 3. The van der Waals surface area contributed by atoms with Crippen molar-refractivity contribution in [1.82, 2.24) is 15.1 Å². The fourth-order valence-corrected chi connectivity index (χ4v) is 3.22. The van der Waals surface area contributed by atoms with E-state index >= 15 is 0 Å². The smallest absolute Gasteiger partial charge is 0.326 e. The number of carboxylic acids is 1. The van der Waals surface area contributed by atoms with Crippen LogP contribution in [0.1, 0.15) is 39.0 Å². The Balaban J connectivity index is 1.77. The zero-order chi connectivity index (χ0) is 15.2. The zero-order valence-corrected chi connectivity index (χ0v) is 12.9. The van der Waals surface area contributed by atoms with Crippen LogP contribution in [0, 0.1) is 5.92 Å². The maximum absolute atomic E-state index is 12.2. The Labute approximate surface area is 126 Å². The van der Waals surface area contributed by atoms with Crippen LogP contribution in [0.5, 0.6) is 0 Å². The summed E-state index contributed by atoms with van der Waals surface area (Å²) in [6.07, 6.45) is 5.20. The number of piperidine rings is 2. The minimum Gasteiger partial charge on any atom is -0.480 e. The number of nitrogens with zero attached hydrogens (tertiary/aromatic N) is 2. The van der Waals surface area contributed by atoms with Gasteiger partial charge in [0, 0.05) is 19.6 Å². The minimum atomic E-state index is -0.896. The van der Waals surface area contributed by atoms with E-state index in [0.717, 1.165) is 26.1 Å². The van der Waals surface area contributed by atoms with Gasteiger partial charge in [0.05, 0.1) is 0 Å². The highest BCUT2D eigenvalue weighted by molar-refractivity contribution is 5.82. The predicted octanol–water partition coefficient (Wildman–Crippen LogP) is 1.37. The summed E-state index contributed by atoms with van der Waals surface area (Å²) in [5, 5.41) is 12.2. The molecule has 2 amide bonds. The topological polar surface area (TPSA) is 72.9 Å². The van der Waals surface area contributed by atoms with Crippen LogP contribution in [-0.2, 0) is 4.79 Å². The van der Waals surface area contributed by atoms with Gasteiger partial charge in [-0.3, -0.25) is 0 Å². The van der Waals surface area contributed by atoms with Crippen LogP contribution in [0.15, 0.2) is 0 Å². The summed E-state index contributed by atoms with van der Waals surface area (Å²) in [5.74, 6) is -0.531. The van der Waals surface area contributed by atoms with Gasteiger partial charge in [-0.25, -0.2) is 9.59 Å². The largest absolute Gasteiger partial charge is 0.480 e. The van der Waals surface area contributed by atoms with Crippen molar-refractivity contribution in [3.05, 3.63) is 0 Å². The Kier molecular flexibility index (Phi) is 5.85. The first-order chi connectivity index (χ1) is 10.1. The molecule has 2 aliphatic rings. The quantitative estimate of drug-likeness (QED) is 0.822. The van der Waals surface area contributed by atoms with Crippen molar-refractivity contribution >= 4 is 12.0 Å². The third-order valence-corrected chi connectivity index (χ3v) is 4.56. The summed E-state index contributed by atoms with van der Waals surface area (Å²) in [7, 11) is 0. The van der Waals surface area contributed by atoms with E-state index in [4.69, 9.17) is 0 Å². The van der Waals surface area contributed by atoms with Gasteiger partial charge in [-0.05, 0) is 44.7 Å². The molecule has 0 aromatic heterocycles. The second-order valence-corrected chi connectivity index (χ2v) is 6.31. The highest BCUT2D eigenvalue weighted by Crippen LogP contribution is 2.22. The Bertz CT molecular complexity index is 369. The molecule has 0 radical (unpaired) electrons. The molecule has 0 spiro atoms. The van der Waals surface area contributed by atoms with Gasteiger partial charge < -0.3 is 20.2 Å². The fourth-order valence-electron chi connectivity index (χ4n) is 3.22. The molecular formula is C15H27N3O3. The SMILES string of the molecule is CC1CCN(C(=O)NCCN2CCCCC2)C(C(=O)O)C1.